The van der Waals surface area contributed by atoms with E-state index in [1.807, 2.05) is 44.2 Å². The van der Waals surface area contributed by atoms with Gasteiger partial charge in [0, 0.05) is 42.7 Å². The van der Waals surface area contributed by atoms with Gasteiger partial charge in [0.15, 0.2) is 0 Å². The van der Waals surface area contributed by atoms with Crippen molar-refractivity contribution in [3.8, 4) is 0 Å². The molecule has 46 heavy (non-hydrogen) atoms. The summed E-state index contributed by atoms with van der Waals surface area (Å²) in [6.07, 6.45) is 8.57. The van der Waals surface area contributed by atoms with Crippen molar-refractivity contribution in [1.82, 2.24) is 10.2 Å². The Kier molecular flexibility index (Phi) is 20.1. The number of aldehydes is 1. The number of aryl methyl sites for hydroxylation is 2. The second-order valence-corrected chi connectivity index (χ2v) is 14.7. The second kappa shape index (κ2) is 22.5. The lowest BCUT2D eigenvalue weighted by molar-refractivity contribution is -0.110. The molecule has 1 aliphatic heterocycles. The van der Waals surface area contributed by atoms with E-state index in [9.17, 15) is 9.59 Å². The Hall–Kier alpha value is -2.99. The van der Waals surface area contributed by atoms with Crippen molar-refractivity contribution in [2.45, 2.75) is 107 Å². The van der Waals surface area contributed by atoms with Crippen molar-refractivity contribution in [3.63, 3.8) is 0 Å². The first-order chi connectivity index (χ1) is 21.8. The number of rotatable bonds is 14. The summed E-state index contributed by atoms with van der Waals surface area (Å²) in [4.78, 5) is 29.3. The van der Waals surface area contributed by atoms with Crippen LogP contribution in [0.5, 0.6) is 0 Å². The van der Waals surface area contributed by atoms with Crippen molar-refractivity contribution in [2.75, 3.05) is 38.5 Å². The first-order valence-corrected chi connectivity index (χ1v) is 17.6. The molecule has 3 unspecified atom stereocenters. The van der Waals surface area contributed by atoms with Crippen molar-refractivity contribution >= 4 is 23.7 Å². The van der Waals surface area contributed by atoms with Crippen molar-refractivity contribution in [3.05, 3.63) is 65.2 Å². The number of carbonyl (C=O) groups is 2. The van der Waals surface area contributed by atoms with Crippen molar-refractivity contribution < 1.29 is 9.59 Å². The maximum Gasteiger partial charge on any atom is 0.251 e. The predicted molar refractivity (Wildman–Crippen MR) is 199 cm³/mol. The van der Waals surface area contributed by atoms with Gasteiger partial charge in [0.2, 0.25) is 0 Å². The van der Waals surface area contributed by atoms with Crippen LogP contribution in [0, 0.1) is 30.1 Å². The standard InChI is InChI=1S/C30H44N4O.C5H10O.C5H12/c1-5-23(2)29(32-21-26-17-19-34(4)22-26)33-28-16-15-25(20-24(28)3)12-8-7-11-18-31-30(35)27-13-9-6-10-14-27;1-3-5(2)4-6;1-5(2,3)4/h6,9-10,13-16,20,23,26H,5,7-8,11-12,17-19,21-22H2,1-4H3,(H,31,35)(H,32,33);4-5H,3H2,1-2H3;1-4H3. The van der Waals surface area contributed by atoms with Gasteiger partial charge in [-0.05, 0) is 99.7 Å². The van der Waals surface area contributed by atoms with Crippen LogP contribution < -0.4 is 10.6 Å². The monoisotopic (exact) mass is 635 g/mol. The highest BCUT2D eigenvalue weighted by molar-refractivity contribution is 5.97. The molecule has 0 saturated carbocycles. The summed E-state index contributed by atoms with van der Waals surface area (Å²) < 4.78 is 0. The van der Waals surface area contributed by atoms with Crippen LogP contribution in [-0.4, -0.2) is 56.2 Å². The number of nitrogens with zero attached hydrogens (tertiary/aromatic N) is 2. The molecule has 6 heteroatoms. The molecule has 0 radical (unpaired) electrons. The fourth-order valence-corrected chi connectivity index (χ4v) is 4.69. The zero-order chi connectivity index (χ0) is 34.5. The highest BCUT2D eigenvalue weighted by atomic mass is 16.1. The number of carbonyl (C=O) groups excluding carboxylic acids is 2. The van der Waals surface area contributed by atoms with Gasteiger partial charge in [-0.25, -0.2) is 0 Å². The number of anilines is 1. The molecule has 0 spiro atoms. The number of nitrogens with one attached hydrogen (secondary N) is 2. The summed E-state index contributed by atoms with van der Waals surface area (Å²) in [6.45, 7) is 23.3. The minimum absolute atomic E-state index is 0.0141. The summed E-state index contributed by atoms with van der Waals surface area (Å²) in [5, 5.41) is 6.68. The third-order valence-corrected chi connectivity index (χ3v) is 7.98. The number of likely N-dealkylation sites (tertiary alicyclic amines) is 1. The van der Waals surface area contributed by atoms with Gasteiger partial charge < -0.3 is 20.3 Å². The third kappa shape index (κ3) is 18.9. The average Bonchev–Trinajstić information content (AvgIpc) is 3.45. The molecule has 2 N–H and O–H groups in total. The maximum absolute atomic E-state index is 12.1. The Morgan fingerprint density at radius 2 is 1.70 bits per heavy atom. The lowest BCUT2D eigenvalue weighted by Crippen LogP contribution is -2.24. The Labute approximate surface area is 282 Å². The molecule has 0 aromatic heterocycles. The number of amidine groups is 1. The Balaban J connectivity index is 0.000000825. The van der Waals surface area contributed by atoms with Crippen molar-refractivity contribution in [1.29, 1.82) is 0 Å². The van der Waals surface area contributed by atoms with Crippen LogP contribution in [0.15, 0.2) is 53.5 Å². The van der Waals surface area contributed by atoms with Crippen LogP contribution in [-0.2, 0) is 11.2 Å². The van der Waals surface area contributed by atoms with Gasteiger partial charge in [0.25, 0.3) is 5.91 Å². The maximum atomic E-state index is 12.1. The highest BCUT2D eigenvalue weighted by Gasteiger charge is 2.20. The molecular formula is C40H66N4O2. The molecule has 3 atom stereocenters. The largest absolute Gasteiger partial charge is 0.352 e. The second-order valence-electron chi connectivity index (χ2n) is 14.7. The molecule has 3 rings (SSSR count). The van der Waals surface area contributed by atoms with Crippen LogP contribution in [0.25, 0.3) is 0 Å². The van der Waals surface area contributed by atoms with Gasteiger partial charge >= 0.3 is 0 Å². The number of hydrogen-bond donors (Lipinski definition) is 2. The van der Waals surface area contributed by atoms with Gasteiger partial charge in [0.05, 0.1) is 0 Å². The van der Waals surface area contributed by atoms with E-state index in [1.54, 1.807) is 0 Å². The van der Waals surface area contributed by atoms with E-state index in [4.69, 9.17) is 4.99 Å². The Morgan fingerprint density at radius 1 is 1.02 bits per heavy atom. The van der Waals surface area contributed by atoms with Crippen LogP contribution in [0.1, 0.15) is 115 Å². The lowest BCUT2D eigenvalue weighted by atomic mass is 10.0. The lowest BCUT2D eigenvalue weighted by Gasteiger charge is -2.19. The van der Waals surface area contributed by atoms with E-state index >= 15 is 0 Å². The molecule has 1 heterocycles. The minimum Gasteiger partial charge on any atom is -0.352 e. The van der Waals surface area contributed by atoms with Gasteiger partial charge in [0.1, 0.15) is 12.1 Å². The van der Waals surface area contributed by atoms with Crippen LogP contribution in [0.3, 0.4) is 0 Å². The molecule has 6 nitrogen and oxygen atoms in total. The van der Waals surface area contributed by atoms with Crippen LogP contribution >= 0.6 is 0 Å². The molecule has 2 aromatic rings. The van der Waals surface area contributed by atoms with Gasteiger partial charge in [-0.2, -0.15) is 0 Å². The van der Waals surface area contributed by atoms with E-state index in [1.165, 1.54) is 29.8 Å². The van der Waals surface area contributed by atoms with Crippen molar-refractivity contribution in [2.24, 2.45) is 28.2 Å². The molecule has 1 amide bonds. The molecule has 2 aromatic carbocycles. The topological polar surface area (TPSA) is 73.8 Å². The number of benzene rings is 2. The zero-order valence-electron chi connectivity index (χ0n) is 30.9. The quantitative estimate of drug-likeness (QED) is 0.0940. The SMILES string of the molecule is CC(C)(C)C.CCC(C)C(=NCC1CCN(C)C1)Nc1ccc(CCCCCNC(=O)c2ccccc2)cc1C.CCC(C)C=O. The van der Waals surface area contributed by atoms with E-state index in [-0.39, 0.29) is 11.8 Å². The van der Waals surface area contributed by atoms with E-state index in [2.05, 4.69) is 89.2 Å². The molecule has 1 fully saturated rings. The third-order valence-electron chi connectivity index (χ3n) is 7.98. The summed E-state index contributed by atoms with van der Waals surface area (Å²) in [5.74, 6) is 2.49. The molecule has 0 bridgehead atoms. The van der Waals surface area contributed by atoms with E-state index in [0.29, 0.717) is 17.3 Å². The Morgan fingerprint density at radius 3 is 2.22 bits per heavy atom. The normalized spacial score (nSPS) is 16.3. The minimum atomic E-state index is 0.0141. The van der Waals surface area contributed by atoms with Gasteiger partial charge in [-0.1, -0.05) is 92.1 Å². The number of aliphatic imine (C=N–C) groups is 1. The molecule has 1 aliphatic rings. The van der Waals surface area contributed by atoms with E-state index < -0.39 is 0 Å². The van der Waals surface area contributed by atoms with Crippen LogP contribution in [0.2, 0.25) is 0 Å². The first kappa shape index (κ1) is 41.0. The summed E-state index contributed by atoms with van der Waals surface area (Å²) in [6, 6.07) is 16.2. The fraction of sp³-hybridized carbons (Fsp3) is 0.625. The predicted octanol–water partition coefficient (Wildman–Crippen LogP) is 9.23. The molecule has 258 valence electrons. The number of unbranched alkanes of at least 4 members (excludes halogenated alkanes) is 2. The average molecular weight is 635 g/mol. The molecule has 0 aliphatic carbocycles. The summed E-state index contributed by atoms with van der Waals surface area (Å²) in [7, 11) is 2.20. The Bertz CT molecular complexity index is 1150. The smallest absolute Gasteiger partial charge is 0.251 e. The number of amides is 1. The van der Waals surface area contributed by atoms with Gasteiger partial charge in [-0.3, -0.25) is 9.79 Å². The van der Waals surface area contributed by atoms with Crippen LogP contribution in [0.4, 0.5) is 5.69 Å². The molecule has 1 saturated heterocycles. The summed E-state index contributed by atoms with van der Waals surface area (Å²) >= 11 is 0. The fourth-order valence-electron chi connectivity index (χ4n) is 4.69. The zero-order valence-corrected chi connectivity index (χ0v) is 30.9. The summed E-state index contributed by atoms with van der Waals surface area (Å²) in [5.41, 5.74) is 5.04. The van der Waals surface area contributed by atoms with Gasteiger partial charge in [-0.15, -0.1) is 0 Å². The highest BCUT2D eigenvalue weighted by Crippen LogP contribution is 2.21. The van der Waals surface area contributed by atoms with E-state index in [0.717, 1.165) is 75.8 Å². The first-order valence-electron chi connectivity index (χ1n) is 17.6. The number of hydrogen-bond acceptors (Lipinski definition) is 4. The molecular weight excluding hydrogens is 568 g/mol.